The van der Waals surface area contributed by atoms with Gasteiger partial charge in [-0.05, 0) is 0 Å². The maximum Gasteiger partial charge on any atom is 0.353 e. The van der Waals surface area contributed by atoms with Crippen LogP contribution < -0.4 is 5.32 Å². The molecule has 1 N–H and O–H groups in total. The fraction of sp³-hybridized carbons (Fsp3) is 0.714. The van der Waals surface area contributed by atoms with Crippen LogP contribution in [0.5, 0.6) is 0 Å². The number of methoxy groups -OCH3 is 1. The number of hydrogen-bond acceptors (Lipinski definition) is 5. The SMILES string of the molecule is COC(=O)C1(OC(C)=O)CNC1. The minimum absolute atomic E-state index is 0.333. The van der Waals surface area contributed by atoms with Gasteiger partial charge in [0.05, 0.1) is 7.11 Å². The molecule has 1 heterocycles. The van der Waals surface area contributed by atoms with Crippen LogP contribution in [-0.4, -0.2) is 37.7 Å². The summed E-state index contributed by atoms with van der Waals surface area (Å²) in [5.74, 6) is -0.974. The first kappa shape index (κ1) is 8.99. The summed E-state index contributed by atoms with van der Waals surface area (Å²) < 4.78 is 9.35. The summed E-state index contributed by atoms with van der Waals surface area (Å²) in [6, 6.07) is 0. The van der Waals surface area contributed by atoms with Gasteiger partial charge in [-0.2, -0.15) is 0 Å². The van der Waals surface area contributed by atoms with E-state index in [-0.39, 0.29) is 0 Å². The van der Waals surface area contributed by atoms with E-state index in [2.05, 4.69) is 10.1 Å². The van der Waals surface area contributed by atoms with E-state index in [9.17, 15) is 9.59 Å². The molecule has 0 saturated carbocycles. The lowest BCUT2D eigenvalue weighted by atomic mass is 9.97. The van der Waals surface area contributed by atoms with Crippen molar-refractivity contribution in [2.45, 2.75) is 12.5 Å². The normalized spacial score (nSPS) is 19.2. The molecule has 12 heavy (non-hydrogen) atoms. The molecule has 0 aromatic heterocycles. The zero-order valence-electron chi connectivity index (χ0n) is 7.05. The van der Waals surface area contributed by atoms with Crippen LogP contribution in [0.15, 0.2) is 0 Å². The number of hydrogen-bond donors (Lipinski definition) is 1. The van der Waals surface area contributed by atoms with Crippen molar-refractivity contribution in [3.05, 3.63) is 0 Å². The molecule has 0 spiro atoms. The first-order valence-electron chi connectivity index (χ1n) is 3.59. The molecular formula is C7H11NO4. The lowest BCUT2D eigenvalue weighted by Gasteiger charge is -2.38. The zero-order chi connectivity index (χ0) is 9.19. The second-order valence-electron chi connectivity index (χ2n) is 2.68. The van der Waals surface area contributed by atoms with Crippen molar-refractivity contribution < 1.29 is 19.1 Å². The number of esters is 2. The lowest BCUT2D eigenvalue weighted by Crippen LogP contribution is -2.66. The van der Waals surface area contributed by atoms with Gasteiger partial charge in [-0.15, -0.1) is 0 Å². The highest BCUT2D eigenvalue weighted by molar-refractivity contribution is 5.84. The van der Waals surface area contributed by atoms with Crippen molar-refractivity contribution in [2.75, 3.05) is 20.2 Å². The number of rotatable bonds is 2. The molecule has 0 atom stereocenters. The number of carbonyl (C=O) groups is 2. The van der Waals surface area contributed by atoms with Crippen LogP contribution >= 0.6 is 0 Å². The van der Waals surface area contributed by atoms with Crippen molar-refractivity contribution in [3.63, 3.8) is 0 Å². The van der Waals surface area contributed by atoms with Gasteiger partial charge in [-0.1, -0.05) is 0 Å². The minimum Gasteiger partial charge on any atom is -0.466 e. The van der Waals surface area contributed by atoms with E-state index < -0.39 is 17.5 Å². The Balaban J connectivity index is 2.62. The molecule has 1 fully saturated rings. The van der Waals surface area contributed by atoms with Crippen LogP contribution in [0.25, 0.3) is 0 Å². The summed E-state index contributed by atoms with van der Waals surface area (Å²) in [5, 5.41) is 2.84. The van der Waals surface area contributed by atoms with Crippen LogP contribution in [0, 0.1) is 0 Å². The fourth-order valence-electron chi connectivity index (χ4n) is 1.07. The average molecular weight is 173 g/mol. The molecule has 0 radical (unpaired) electrons. The Labute approximate surface area is 70.0 Å². The van der Waals surface area contributed by atoms with E-state index >= 15 is 0 Å². The molecule has 1 rings (SSSR count). The van der Waals surface area contributed by atoms with E-state index in [1.54, 1.807) is 0 Å². The Bertz CT molecular complexity index is 209. The van der Waals surface area contributed by atoms with Gasteiger partial charge in [0.15, 0.2) is 0 Å². The highest BCUT2D eigenvalue weighted by Crippen LogP contribution is 2.18. The standard InChI is InChI=1S/C7H11NO4/c1-5(9)12-7(3-8-4-7)6(10)11-2/h8H,3-4H2,1-2H3. The Morgan fingerprint density at radius 1 is 1.42 bits per heavy atom. The monoisotopic (exact) mass is 173 g/mol. The largest absolute Gasteiger partial charge is 0.466 e. The maximum atomic E-state index is 11.1. The van der Waals surface area contributed by atoms with Gasteiger partial charge in [0.2, 0.25) is 5.60 Å². The van der Waals surface area contributed by atoms with Gasteiger partial charge in [0, 0.05) is 20.0 Å². The third-order valence-corrected chi connectivity index (χ3v) is 1.72. The van der Waals surface area contributed by atoms with Crippen molar-refractivity contribution in [2.24, 2.45) is 0 Å². The molecule has 5 heteroatoms. The van der Waals surface area contributed by atoms with Crippen LogP contribution in [0.3, 0.4) is 0 Å². The van der Waals surface area contributed by atoms with E-state index in [4.69, 9.17) is 4.74 Å². The second-order valence-corrected chi connectivity index (χ2v) is 2.68. The van der Waals surface area contributed by atoms with Crippen molar-refractivity contribution in [3.8, 4) is 0 Å². The molecule has 68 valence electrons. The Morgan fingerprint density at radius 2 is 2.00 bits per heavy atom. The highest BCUT2D eigenvalue weighted by Gasteiger charge is 2.49. The van der Waals surface area contributed by atoms with E-state index in [0.29, 0.717) is 13.1 Å². The quantitative estimate of drug-likeness (QED) is 0.546. The van der Waals surface area contributed by atoms with Crippen LogP contribution in [0.4, 0.5) is 0 Å². The summed E-state index contributed by atoms with van der Waals surface area (Å²) in [7, 11) is 1.27. The summed E-state index contributed by atoms with van der Waals surface area (Å²) in [6.07, 6.45) is 0. The maximum absolute atomic E-state index is 11.1. The minimum atomic E-state index is -1.07. The summed E-state index contributed by atoms with van der Waals surface area (Å²) in [4.78, 5) is 21.7. The topological polar surface area (TPSA) is 64.6 Å². The lowest BCUT2D eigenvalue weighted by molar-refractivity contribution is -0.185. The molecule has 0 aromatic carbocycles. The number of carbonyl (C=O) groups excluding carboxylic acids is 2. The first-order chi connectivity index (χ1) is 5.60. The summed E-state index contributed by atoms with van der Waals surface area (Å²) in [5.41, 5.74) is -1.07. The van der Waals surface area contributed by atoms with Crippen molar-refractivity contribution >= 4 is 11.9 Å². The molecule has 0 aromatic rings. The number of ether oxygens (including phenoxy) is 2. The van der Waals surface area contributed by atoms with E-state index in [0.717, 1.165) is 0 Å². The van der Waals surface area contributed by atoms with Gasteiger partial charge in [-0.25, -0.2) is 4.79 Å². The zero-order valence-corrected chi connectivity index (χ0v) is 7.05. The second kappa shape index (κ2) is 3.10. The molecule has 0 aliphatic carbocycles. The van der Waals surface area contributed by atoms with Gasteiger partial charge >= 0.3 is 11.9 Å². The molecule has 0 amide bonds. The number of nitrogens with one attached hydrogen (secondary N) is 1. The predicted octanol–water partition coefficient (Wildman–Crippen LogP) is -0.935. The molecule has 5 nitrogen and oxygen atoms in total. The van der Waals surface area contributed by atoms with Crippen LogP contribution in [-0.2, 0) is 19.1 Å². The van der Waals surface area contributed by atoms with Crippen LogP contribution in [0.2, 0.25) is 0 Å². The molecular weight excluding hydrogens is 162 g/mol. The highest BCUT2D eigenvalue weighted by atomic mass is 16.6. The molecule has 1 saturated heterocycles. The van der Waals surface area contributed by atoms with E-state index in [1.807, 2.05) is 0 Å². The Hall–Kier alpha value is -1.10. The predicted molar refractivity (Wildman–Crippen MR) is 39.4 cm³/mol. The van der Waals surface area contributed by atoms with Crippen molar-refractivity contribution in [1.29, 1.82) is 0 Å². The summed E-state index contributed by atoms with van der Waals surface area (Å²) >= 11 is 0. The third kappa shape index (κ3) is 1.40. The summed E-state index contributed by atoms with van der Waals surface area (Å²) in [6.45, 7) is 1.93. The molecule has 1 aliphatic heterocycles. The van der Waals surface area contributed by atoms with E-state index in [1.165, 1.54) is 14.0 Å². The fourth-order valence-corrected chi connectivity index (χ4v) is 1.07. The third-order valence-electron chi connectivity index (χ3n) is 1.72. The molecule has 0 bridgehead atoms. The average Bonchev–Trinajstić information content (AvgIpc) is 1.95. The van der Waals surface area contributed by atoms with Gasteiger partial charge in [0.1, 0.15) is 0 Å². The van der Waals surface area contributed by atoms with Gasteiger partial charge < -0.3 is 14.8 Å². The molecule has 0 unspecified atom stereocenters. The van der Waals surface area contributed by atoms with Gasteiger partial charge in [-0.3, -0.25) is 4.79 Å². The first-order valence-corrected chi connectivity index (χ1v) is 3.59. The van der Waals surface area contributed by atoms with Gasteiger partial charge in [0.25, 0.3) is 0 Å². The van der Waals surface area contributed by atoms with Crippen LogP contribution in [0.1, 0.15) is 6.92 Å². The van der Waals surface area contributed by atoms with Crippen molar-refractivity contribution in [1.82, 2.24) is 5.32 Å². The Morgan fingerprint density at radius 3 is 2.25 bits per heavy atom. The Kier molecular flexibility index (Phi) is 2.32. The smallest absolute Gasteiger partial charge is 0.353 e. The molecule has 1 aliphatic rings.